The minimum Gasteiger partial charge on any atom is -0.502 e. The van der Waals surface area contributed by atoms with Gasteiger partial charge in [-0.2, -0.15) is 0 Å². The molecule has 0 aromatic carbocycles. The summed E-state index contributed by atoms with van der Waals surface area (Å²) in [6.07, 6.45) is 3.99. The Balaban J connectivity index is 3.91. The molecule has 0 radical (unpaired) electrons. The molecule has 82 valence electrons. The smallest absolute Gasteiger partial charge is 0.136 e. The average Bonchev–Trinajstić information content (AvgIpc) is 2.22. The zero-order valence-electron chi connectivity index (χ0n) is 9.58. The van der Waals surface area contributed by atoms with Crippen molar-refractivity contribution in [2.45, 2.75) is 40.0 Å². The van der Waals surface area contributed by atoms with Crippen LogP contribution in [0.25, 0.3) is 0 Å². The molecule has 0 aliphatic carbocycles. The van der Waals surface area contributed by atoms with Crippen molar-refractivity contribution in [1.29, 1.82) is 0 Å². The van der Waals surface area contributed by atoms with Gasteiger partial charge in [-0.3, -0.25) is 4.79 Å². The fourth-order valence-corrected chi connectivity index (χ4v) is 1.24. The van der Waals surface area contributed by atoms with Crippen molar-refractivity contribution in [3.63, 3.8) is 0 Å². The molecule has 0 aromatic rings. The van der Waals surface area contributed by atoms with E-state index in [1.807, 2.05) is 13.8 Å². The molecule has 0 fully saturated rings. The van der Waals surface area contributed by atoms with Gasteiger partial charge in [0.25, 0.3) is 0 Å². The van der Waals surface area contributed by atoms with Gasteiger partial charge in [0.15, 0.2) is 0 Å². The average molecular weight is 198 g/mol. The lowest BCUT2D eigenvalue weighted by Gasteiger charge is -2.15. The van der Waals surface area contributed by atoms with E-state index in [1.54, 1.807) is 0 Å². The topological polar surface area (TPSA) is 26.3 Å². The van der Waals surface area contributed by atoms with Crippen LogP contribution < -0.4 is 0 Å². The number of carbonyl (C=O) groups excluding carboxylic acids is 1. The van der Waals surface area contributed by atoms with Crippen LogP contribution in [0.4, 0.5) is 0 Å². The first kappa shape index (κ1) is 13.2. The minimum absolute atomic E-state index is 0.188. The van der Waals surface area contributed by atoms with E-state index in [4.69, 9.17) is 4.74 Å². The van der Waals surface area contributed by atoms with E-state index in [1.165, 1.54) is 6.26 Å². The maximum Gasteiger partial charge on any atom is 0.136 e. The number of carbonyl (C=O) groups is 1. The number of hydrogen-bond donors (Lipinski definition) is 0. The summed E-state index contributed by atoms with van der Waals surface area (Å²) in [5.41, 5.74) is 0. The van der Waals surface area contributed by atoms with Gasteiger partial charge in [0.05, 0.1) is 12.9 Å². The summed E-state index contributed by atoms with van der Waals surface area (Å²) in [6, 6.07) is 0. The van der Waals surface area contributed by atoms with Crippen LogP contribution in [0.2, 0.25) is 0 Å². The Kier molecular flexibility index (Phi) is 7.17. The van der Waals surface area contributed by atoms with E-state index >= 15 is 0 Å². The molecular weight excluding hydrogens is 176 g/mol. The molecule has 0 aliphatic rings. The fraction of sp³-hybridized carbons (Fsp3) is 0.750. The fourth-order valence-electron chi connectivity index (χ4n) is 1.24. The third-order valence-corrected chi connectivity index (χ3v) is 2.68. The monoisotopic (exact) mass is 198 g/mol. The summed E-state index contributed by atoms with van der Waals surface area (Å²) >= 11 is 0. The third kappa shape index (κ3) is 5.05. The molecule has 2 heteroatoms. The highest BCUT2D eigenvalue weighted by atomic mass is 16.5. The summed E-state index contributed by atoms with van der Waals surface area (Å²) in [6.45, 7) is 10.2. The highest BCUT2D eigenvalue weighted by Crippen LogP contribution is 2.14. The Bertz CT molecular complexity index is 175. The third-order valence-electron chi connectivity index (χ3n) is 2.68. The first-order chi connectivity index (χ1) is 6.65. The van der Waals surface area contributed by atoms with Crippen molar-refractivity contribution in [3.8, 4) is 0 Å². The van der Waals surface area contributed by atoms with E-state index in [0.29, 0.717) is 24.7 Å². The van der Waals surface area contributed by atoms with Crippen molar-refractivity contribution < 1.29 is 9.53 Å². The Hall–Kier alpha value is -0.790. The number of ether oxygens (including phenoxy) is 1. The van der Waals surface area contributed by atoms with Gasteiger partial charge >= 0.3 is 0 Å². The molecule has 0 saturated carbocycles. The van der Waals surface area contributed by atoms with Crippen molar-refractivity contribution >= 4 is 5.78 Å². The van der Waals surface area contributed by atoms with Crippen LogP contribution in [0.15, 0.2) is 12.8 Å². The van der Waals surface area contributed by atoms with E-state index in [-0.39, 0.29) is 5.92 Å². The van der Waals surface area contributed by atoms with Crippen LogP contribution in [-0.4, -0.2) is 12.4 Å². The van der Waals surface area contributed by atoms with Crippen molar-refractivity contribution in [1.82, 2.24) is 0 Å². The molecule has 0 saturated heterocycles. The van der Waals surface area contributed by atoms with E-state index in [0.717, 1.165) is 12.8 Å². The number of ketones is 1. The van der Waals surface area contributed by atoms with E-state index in [9.17, 15) is 4.79 Å². The lowest BCUT2D eigenvalue weighted by Crippen LogP contribution is -2.17. The summed E-state index contributed by atoms with van der Waals surface area (Å²) in [4.78, 5) is 11.6. The summed E-state index contributed by atoms with van der Waals surface area (Å²) in [7, 11) is 0. The number of Topliss-reactive ketones (excluding diaryl/α,β-unsaturated/α-hetero) is 1. The second kappa shape index (κ2) is 7.60. The highest BCUT2D eigenvalue weighted by Gasteiger charge is 2.16. The second-order valence-electron chi connectivity index (χ2n) is 3.75. The molecule has 0 heterocycles. The van der Waals surface area contributed by atoms with Crippen molar-refractivity contribution in [3.05, 3.63) is 12.8 Å². The van der Waals surface area contributed by atoms with Gasteiger partial charge in [0.1, 0.15) is 5.78 Å². The zero-order valence-corrected chi connectivity index (χ0v) is 9.58. The van der Waals surface area contributed by atoms with E-state index < -0.39 is 0 Å². The van der Waals surface area contributed by atoms with Crippen LogP contribution in [0, 0.1) is 11.8 Å². The van der Waals surface area contributed by atoms with Gasteiger partial charge < -0.3 is 4.74 Å². The molecule has 0 aliphatic heterocycles. The maximum absolute atomic E-state index is 11.6. The lowest BCUT2D eigenvalue weighted by atomic mass is 9.93. The minimum atomic E-state index is 0.188. The van der Waals surface area contributed by atoms with Crippen molar-refractivity contribution in [2.75, 3.05) is 6.61 Å². The number of hydrogen-bond acceptors (Lipinski definition) is 2. The van der Waals surface area contributed by atoms with Crippen LogP contribution >= 0.6 is 0 Å². The standard InChI is InChI=1S/C12H22O2/c1-5-10(4)12(13)8-11(6-2)9-14-7-3/h7,10-11H,3,5-6,8-9H2,1-2,4H3. The molecule has 0 rings (SSSR count). The first-order valence-electron chi connectivity index (χ1n) is 5.40. The Morgan fingerprint density at radius 1 is 1.43 bits per heavy atom. The number of rotatable bonds is 8. The predicted octanol–water partition coefficient (Wildman–Crippen LogP) is 3.18. The molecule has 14 heavy (non-hydrogen) atoms. The van der Waals surface area contributed by atoms with Gasteiger partial charge in [0, 0.05) is 12.3 Å². The van der Waals surface area contributed by atoms with Crippen LogP contribution in [0.1, 0.15) is 40.0 Å². The molecule has 2 atom stereocenters. The van der Waals surface area contributed by atoms with Gasteiger partial charge in [-0.1, -0.05) is 27.4 Å². The van der Waals surface area contributed by atoms with E-state index in [2.05, 4.69) is 13.5 Å². The molecule has 2 nitrogen and oxygen atoms in total. The Morgan fingerprint density at radius 3 is 2.50 bits per heavy atom. The highest BCUT2D eigenvalue weighted by molar-refractivity contribution is 5.80. The molecular formula is C12H22O2. The van der Waals surface area contributed by atoms with Crippen LogP contribution in [-0.2, 0) is 9.53 Å². The Labute approximate surface area is 87.3 Å². The lowest BCUT2D eigenvalue weighted by molar-refractivity contribution is -0.123. The quantitative estimate of drug-likeness (QED) is 0.560. The van der Waals surface area contributed by atoms with Crippen molar-refractivity contribution in [2.24, 2.45) is 11.8 Å². The molecule has 0 N–H and O–H groups in total. The zero-order chi connectivity index (χ0) is 11.0. The first-order valence-corrected chi connectivity index (χ1v) is 5.40. The normalized spacial score (nSPS) is 14.5. The predicted molar refractivity (Wildman–Crippen MR) is 59.0 cm³/mol. The molecule has 0 spiro atoms. The molecule has 2 unspecified atom stereocenters. The molecule has 0 aromatic heterocycles. The van der Waals surface area contributed by atoms with Crippen LogP contribution in [0.5, 0.6) is 0 Å². The summed E-state index contributed by atoms with van der Waals surface area (Å²) in [5.74, 6) is 0.884. The van der Waals surface area contributed by atoms with Crippen LogP contribution in [0.3, 0.4) is 0 Å². The summed E-state index contributed by atoms with van der Waals surface area (Å²) < 4.78 is 5.11. The molecule has 0 bridgehead atoms. The van der Waals surface area contributed by atoms with Gasteiger partial charge in [0.2, 0.25) is 0 Å². The molecule has 0 amide bonds. The SMILES string of the molecule is C=COCC(CC)CC(=O)C(C)CC. The maximum atomic E-state index is 11.6. The largest absolute Gasteiger partial charge is 0.502 e. The second-order valence-corrected chi connectivity index (χ2v) is 3.75. The van der Waals surface area contributed by atoms with Gasteiger partial charge in [-0.25, -0.2) is 0 Å². The Morgan fingerprint density at radius 2 is 2.07 bits per heavy atom. The summed E-state index contributed by atoms with van der Waals surface area (Å²) in [5, 5.41) is 0. The van der Waals surface area contributed by atoms with Gasteiger partial charge in [-0.15, -0.1) is 0 Å². The van der Waals surface area contributed by atoms with Gasteiger partial charge in [-0.05, 0) is 18.8 Å².